The summed E-state index contributed by atoms with van der Waals surface area (Å²) in [6.07, 6.45) is 2.26. The molecule has 2 atom stereocenters. The van der Waals surface area contributed by atoms with Gasteiger partial charge in [0.25, 0.3) is 0 Å². The van der Waals surface area contributed by atoms with Crippen molar-refractivity contribution in [2.45, 2.75) is 52.4 Å². The van der Waals surface area contributed by atoms with Crippen LogP contribution in [0.5, 0.6) is 11.5 Å². The molecule has 0 heterocycles. The monoisotopic (exact) mass is 350 g/mol. The first kappa shape index (κ1) is 17.5. The lowest BCUT2D eigenvalue weighted by Gasteiger charge is -2.40. The molecule has 0 bridgehead atoms. The van der Waals surface area contributed by atoms with Crippen LogP contribution in [-0.2, 0) is 12.8 Å². The van der Waals surface area contributed by atoms with Gasteiger partial charge in [-0.3, -0.25) is 0 Å². The van der Waals surface area contributed by atoms with Crippen molar-refractivity contribution in [3.05, 3.63) is 58.7 Å². The van der Waals surface area contributed by atoms with Crippen LogP contribution in [-0.4, -0.2) is 14.2 Å². The smallest absolute Gasteiger partial charge is 0.119 e. The first-order valence-corrected chi connectivity index (χ1v) is 9.60. The number of benzene rings is 2. The third kappa shape index (κ3) is 2.53. The van der Waals surface area contributed by atoms with Crippen LogP contribution in [0.3, 0.4) is 0 Å². The standard InChI is InChI=1S/C24H30O2/c1-23(2)13-15-7-9-17(25-5)11-19(15)21(23)22-20-12-18(26-6)10-8-16(20)14-24(22,3)4/h7-12,21-22H,13-14H2,1-6H3. The molecule has 2 heteroatoms. The molecule has 26 heavy (non-hydrogen) atoms. The summed E-state index contributed by atoms with van der Waals surface area (Å²) >= 11 is 0. The summed E-state index contributed by atoms with van der Waals surface area (Å²) in [6, 6.07) is 13.3. The highest BCUT2D eigenvalue weighted by Crippen LogP contribution is 2.62. The van der Waals surface area contributed by atoms with E-state index in [4.69, 9.17) is 9.47 Å². The molecule has 0 saturated heterocycles. The van der Waals surface area contributed by atoms with Crippen molar-refractivity contribution in [2.24, 2.45) is 10.8 Å². The lowest BCUT2D eigenvalue weighted by molar-refractivity contribution is 0.188. The van der Waals surface area contributed by atoms with Gasteiger partial charge in [-0.1, -0.05) is 39.8 Å². The van der Waals surface area contributed by atoms with Gasteiger partial charge in [0.1, 0.15) is 11.5 Å². The minimum absolute atomic E-state index is 0.224. The number of methoxy groups -OCH3 is 2. The van der Waals surface area contributed by atoms with Crippen molar-refractivity contribution < 1.29 is 9.47 Å². The highest BCUT2D eigenvalue weighted by molar-refractivity contribution is 5.51. The quantitative estimate of drug-likeness (QED) is 0.703. The second-order valence-electron chi connectivity index (χ2n) is 9.42. The molecule has 0 fully saturated rings. The fraction of sp³-hybridized carbons (Fsp3) is 0.500. The number of hydrogen-bond donors (Lipinski definition) is 0. The maximum absolute atomic E-state index is 5.56. The predicted molar refractivity (Wildman–Crippen MR) is 106 cm³/mol. The topological polar surface area (TPSA) is 18.5 Å². The molecule has 4 rings (SSSR count). The lowest BCUT2D eigenvalue weighted by atomic mass is 9.63. The van der Waals surface area contributed by atoms with Crippen molar-refractivity contribution in [3.63, 3.8) is 0 Å². The molecule has 2 nitrogen and oxygen atoms in total. The van der Waals surface area contributed by atoms with Gasteiger partial charge in [-0.15, -0.1) is 0 Å². The van der Waals surface area contributed by atoms with Gasteiger partial charge in [0, 0.05) is 0 Å². The summed E-state index contributed by atoms with van der Waals surface area (Å²) in [5.74, 6) is 2.90. The van der Waals surface area contributed by atoms with Crippen LogP contribution in [0.2, 0.25) is 0 Å². The highest BCUT2D eigenvalue weighted by atomic mass is 16.5. The molecule has 0 spiro atoms. The minimum atomic E-state index is 0.224. The average Bonchev–Trinajstić information content (AvgIpc) is 3.00. The van der Waals surface area contributed by atoms with Gasteiger partial charge < -0.3 is 9.47 Å². The first-order valence-electron chi connectivity index (χ1n) is 9.60. The van der Waals surface area contributed by atoms with E-state index in [1.807, 2.05) is 0 Å². The third-order valence-corrected chi connectivity index (χ3v) is 6.69. The van der Waals surface area contributed by atoms with Crippen molar-refractivity contribution in [2.75, 3.05) is 14.2 Å². The van der Waals surface area contributed by atoms with Crippen molar-refractivity contribution >= 4 is 0 Å². The molecule has 138 valence electrons. The summed E-state index contributed by atoms with van der Waals surface area (Å²) in [5.41, 5.74) is 6.36. The Kier molecular flexibility index (Phi) is 3.87. The Bertz CT molecular complexity index is 776. The molecule has 2 aromatic carbocycles. The van der Waals surface area contributed by atoms with E-state index in [-0.39, 0.29) is 10.8 Å². The molecule has 2 aromatic rings. The van der Waals surface area contributed by atoms with E-state index in [0.29, 0.717) is 11.8 Å². The van der Waals surface area contributed by atoms with Crippen LogP contribution in [0.1, 0.15) is 61.8 Å². The molecule has 0 amide bonds. The van der Waals surface area contributed by atoms with E-state index in [0.717, 1.165) is 24.3 Å². The molecule has 0 aromatic heterocycles. The Morgan fingerprint density at radius 2 is 1.08 bits per heavy atom. The highest BCUT2D eigenvalue weighted by Gasteiger charge is 2.51. The molecule has 2 aliphatic carbocycles. The van der Waals surface area contributed by atoms with Gasteiger partial charge in [-0.05, 0) is 82.0 Å². The first-order chi connectivity index (χ1) is 12.3. The van der Waals surface area contributed by atoms with Crippen LogP contribution < -0.4 is 9.47 Å². The Labute approximate surface area is 157 Å². The summed E-state index contributed by atoms with van der Waals surface area (Å²) < 4.78 is 11.1. The molecule has 2 unspecified atom stereocenters. The summed E-state index contributed by atoms with van der Waals surface area (Å²) in [6.45, 7) is 9.72. The molecule has 2 aliphatic rings. The van der Waals surface area contributed by atoms with E-state index in [9.17, 15) is 0 Å². The van der Waals surface area contributed by atoms with Crippen LogP contribution in [0.15, 0.2) is 36.4 Å². The predicted octanol–water partition coefficient (Wildman–Crippen LogP) is 5.74. The van der Waals surface area contributed by atoms with E-state index in [1.54, 1.807) is 14.2 Å². The second-order valence-corrected chi connectivity index (χ2v) is 9.42. The van der Waals surface area contributed by atoms with Gasteiger partial charge >= 0.3 is 0 Å². The molecular formula is C24H30O2. The van der Waals surface area contributed by atoms with Crippen LogP contribution in [0, 0.1) is 10.8 Å². The van der Waals surface area contributed by atoms with Gasteiger partial charge in [-0.25, -0.2) is 0 Å². The Morgan fingerprint density at radius 3 is 1.42 bits per heavy atom. The fourth-order valence-electron chi connectivity index (χ4n) is 5.61. The zero-order valence-corrected chi connectivity index (χ0v) is 16.8. The van der Waals surface area contributed by atoms with Crippen LogP contribution >= 0.6 is 0 Å². The fourth-order valence-corrected chi connectivity index (χ4v) is 5.61. The van der Waals surface area contributed by atoms with Crippen molar-refractivity contribution in [1.82, 2.24) is 0 Å². The van der Waals surface area contributed by atoms with Crippen molar-refractivity contribution in [3.8, 4) is 11.5 Å². The summed E-state index contributed by atoms with van der Waals surface area (Å²) in [5, 5.41) is 0. The minimum Gasteiger partial charge on any atom is -0.497 e. The SMILES string of the molecule is COc1ccc2c(c1)C(C1c3cc(OC)ccc3CC1(C)C)C(C)(C)C2. The van der Waals surface area contributed by atoms with E-state index in [1.165, 1.54) is 22.3 Å². The van der Waals surface area contributed by atoms with E-state index >= 15 is 0 Å². The lowest BCUT2D eigenvalue weighted by Crippen LogP contribution is -2.31. The van der Waals surface area contributed by atoms with Gasteiger partial charge in [0.15, 0.2) is 0 Å². The van der Waals surface area contributed by atoms with Crippen LogP contribution in [0.25, 0.3) is 0 Å². The summed E-state index contributed by atoms with van der Waals surface area (Å²) in [4.78, 5) is 0. The van der Waals surface area contributed by atoms with E-state index < -0.39 is 0 Å². The maximum atomic E-state index is 5.56. The number of ether oxygens (including phenoxy) is 2. The average molecular weight is 351 g/mol. The Balaban J connectivity index is 1.89. The van der Waals surface area contributed by atoms with Gasteiger partial charge in [0.2, 0.25) is 0 Å². The molecule has 0 saturated carbocycles. The number of fused-ring (bicyclic) bond motifs is 2. The molecule has 0 aliphatic heterocycles. The maximum Gasteiger partial charge on any atom is 0.119 e. The van der Waals surface area contributed by atoms with Crippen LogP contribution in [0.4, 0.5) is 0 Å². The molecule has 0 N–H and O–H groups in total. The van der Waals surface area contributed by atoms with Gasteiger partial charge in [-0.2, -0.15) is 0 Å². The third-order valence-electron chi connectivity index (χ3n) is 6.69. The molecular weight excluding hydrogens is 320 g/mol. The largest absolute Gasteiger partial charge is 0.497 e. The van der Waals surface area contributed by atoms with Gasteiger partial charge in [0.05, 0.1) is 14.2 Å². The Morgan fingerprint density at radius 1 is 0.692 bits per heavy atom. The molecule has 0 radical (unpaired) electrons. The zero-order valence-electron chi connectivity index (χ0n) is 16.8. The summed E-state index contributed by atoms with van der Waals surface area (Å²) in [7, 11) is 3.52. The zero-order chi connectivity index (χ0) is 18.7. The number of hydrogen-bond acceptors (Lipinski definition) is 2. The second kappa shape index (κ2) is 5.77. The van der Waals surface area contributed by atoms with E-state index in [2.05, 4.69) is 64.1 Å². The Hall–Kier alpha value is -1.96. The normalized spacial score (nSPS) is 24.8. The number of rotatable bonds is 3. The van der Waals surface area contributed by atoms with Crippen molar-refractivity contribution in [1.29, 1.82) is 0 Å².